The average Bonchev–Trinajstić information content (AvgIpc) is 2.80. The van der Waals surface area contributed by atoms with E-state index in [9.17, 15) is 0 Å². The van der Waals surface area contributed by atoms with E-state index < -0.39 is 0 Å². The van der Waals surface area contributed by atoms with Gasteiger partial charge in [-0.25, -0.2) is 0 Å². The van der Waals surface area contributed by atoms with Crippen LogP contribution in [0.2, 0.25) is 0 Å². The molecule has 0 aliphatic carbocycles. The highest BCUT2D eigenvalue weighted by Gasteiger charge is 2.18. The van der Waals surface area contributed by atoms with E-state index in [1.807, 2.05) is 25.6 Å². The van der Waals surface area contributed by atoms with Crippen molar-refractivity contribution in [1.29, 1.82) is 0 Å². The third kappa shape index (κ3) is 5.09. The van der Waals surface area contributed by atoms with Crippen LogP contribution < -0.4 is 0 Å². The second-order valence-corrected chi connectivity index (χ2v) is 8.12. The third-order valence-electron chi connectivity index (χ3n) is 4.88. The molecule has 25 heavy (non-hydrogen) atoms. The summed E-state index contributed by atoms with van der Waals surface area (Å²) >= 11 is 1.90. The molecule has 136 valence electrons. The molecule has 0 atom stereocenters. The molecule has 0 bridgehead atoms. The highest BCUT2D eigenvalue weighted by Crippen LogP contribution is 2.20. The Balaban J connectivity index is 1.53. The van der Waals surface area contributed by atoms with Crippen LogP contribution >= 0.6 is 11.8 Å². The molecular formula is C20H29N3OS. The SMILES string of the molecule is CCSc1ccc(CN2CCCN(Cc3c(C)noc3C)CC2)cc1. The largest absolute Gasteiger partial charge is 0.361 e. The first kappa shape index (κ1) is 18.5. The maximum atomic E-state index is 5.31. The van der Waals surface area contributed by atoms with Gasteiger partial charge in [-0.1, -0.05) is 24.2 Å². The number of benzene rings is 1. The molecular weight excluding hydrogens is 330 g/mol. The third-order valence-corrected chi connectivity index (χ3v) is 5.78. The summed E-state index contributed by atoms with van der Waals surface area (Å²) in [4.78, 5) is 6.48. The van der Waals surface area contributed by atoms with Gasteiger partial charge in [-0.05, 0) is 56.8 Å². The lowest BCUT2D eigenvalue weighted by Crippen LogP contribution is -2.30. The summed E-state index contributed by atoms with van der Waals surface area (Å²) in [7, 11) is 0. The topological polar surface area (TPSA) is 32.5 Å². The molecule has 0 N–H and O–H groups in total. The van der Waals surface area contributed by atoms with Crippen LogP contribution in [0.25, 0.3) is 0 Å². The molecule has 1 fully saturated rings. The lowest BCUT2D eigenvalue weighted by molar-refractivity contribution is 0.246. The van der Waals surface area contributed by atoms with Crippen LogP contribution in [-0.2, 0) is 13.1 Å². The number of aryl methyl sites for hydroxylation is 2. The zero-order valence-corrected chi connectivity index (χ0v) is 16.4. The molecule has 2 heterocycles. The maximum Gasteiger partial charge on any atom is 0.138 e. The van der Waals surface area contributed by atoms with Gasteiger partial charge < -0.3 is 4.52 Å². The smallest absolute Gasteiger partial charge is 0.138 e. The Morgan fingerprint density at radius 3 is 2.28 bits per heavy atom. The summed E-state index contributed by atoms with van der Waals surface area (Å²) in [5.41, 5.74) is 3.71. The summed E-state index contributed by atoms with van der Waals surface area (Å²) < 4.78 is 5.31. The zero-order valence-electron chi connectivity index (χ0n) is 15.6. The van der Waals surface area contributed by atoms with Crippen molar-refractivity contribution < 1.29 is 4.52 Å². The Morgan fingerprint density at radius 1 is 1.00 bits per heavy atom. The minimum atomic E-state index is 0.956. The fraction of sp³-hybridized carbons (Fsp3) is 0.550. The first-order valence-corrected chi connectivity index (χ1v) is 10.2. The van der Waals surface area contributed by atoms with E-state index in [1.165, 1.54) is 29.0 Å². The summed E-state index contributed by atoms with van der Waals surface area (Å²) in [6.45, 7) is 12.8. The number of hydrogen-bond donors (Lipinski definition) is 0. The molecule has 0 amide bonds. The van der Waals surface area contributed by atoms with Crippen LogP contribution in [-0.4, -0.2) is 46.9 Å². The molecule has 0 radical (unpaired) electrons. The molecule has 1 aliphatic rings. The quantitative estimate of drug-likeness (QED) is 0.725. The molecule has 2 aromatic rings. The second-order valence-electron chi connectivity index (χ2n) is 6.79. The fourth-order valence-electron chi connectivity index (χ4n) is 3.41. The Labute approximate surface area is 155 Å². The van der Waals surface area contributed by atoms with Gasteiger partial charge in [0, 0.05) is 36.6 Å². The number of nitrogens with zero attached hydrogens (tertiary/aromatic N) is 3. The van der Waals surface area contributed by atoms with Gasteiger partial charge in [-0.3, -0.25) is 9.80 Å². The summed E-state index contributed by atoms with van der Waals surface area (Å²) in [5.74, 6) is 2.09. The Kier molecular flexibility index (Phi) is 6.57. The van der Waals surface area contributed by atoms with Crippen LogP contribution in [0.3, 0.4) is 0 Å². The van der Waals surface area contributed by atoms with Crippen molar-refractivity contribution in [1.82, 2.24) is 15.0 Å². The summed E-state index contributed by atoms with van der Waals surface area (Å²) in [6.07, 6.45) is 1.22. The molecule has 1 aromatic carbocycles. The number of rotatable bonds is 6. The predicted octanol–water partition coefficient (Wildman–Crippen LogP) is 4.11. The van der Waals surface area contributed by atoms with Crippen molar-refractivity contribution >= 4 is 11.8 Å². The van der Waals surface area contributed by atoms with Gasteiger partial charge in [-0.2, -0.15) is 0 Å². The van der Waals surface area contributed by atoms with Crippen LogP contribution in [0.5, 0.6) is 0 Å². The minimum absolute atomic E-state index is 0.956. The van der Waals surface area contributed by atoms with Crippen molar-refractivity contribution in [3.63, 3.8) is 0 Å². The Morgan fingerprint density at radius 2 is 1.68 bits per heavy atom. The second kappa shape index (κ2) is 8.88. The first-order chi connectivity index (χ1) is 12.2. The lowest BCUT2D eigenvalue weighted by atomic mass is 10.2. The summed E-state index contributed by atoms with van der Waals surface area (Å²) in [5, 5.41) is 4.08. The average molecular weight is 360 g/mol. The molecule has 4 nitrogen and oxygen atoms in total. The van der Waals surface area contributed by atoms with Crippen LogP contribution in [0.1, 0.15) is 35.9 Å². The molecule has 1 aromatic heterocycles. The van der Waals surface area contributed by atoms with E-state index >= 15 is 0 Å². The lowest BCUT2D eigenvalue weighted by Gasteiger charge is -2.22. The molecule has 0 spiro atoms. The minimum Gasteiger partial charge on any atom is -0.361 e. The van der Waals surface area contributed by atoms with Crippen LogP contribution in [0.15, 0.2) is 33.7 Å². The van der Waals surface area contributed by atoms with E-state index in [-0.39, 0.29) is 0 Å². The van der Waals surface area contributed by atoms with Gasteiger partial charge in [0.05, 0.1) is 5.69 Å². The molecule has 0 unspecified atom stereocenters. The van der Waals surface area contributed by atoms with E-state index in [0.717, 1.165) is 49.9 Å². The predicted molar refractivity (Wildman–Crippen MR) is 104 cm³/mol. The monoisotopic (exact) mass is 359 g/mol. The molecule has 1 saturated heterocycles. The summed E-state index contributed by atoms with van der Waals surface area (Å²) in [6, 6.07) is 9.07. The van der Waals surface area contributed by atoms with E-state index in [1.54, 1.807) is 0 Å². The van der Waals surface area contributed by atoms with Crippen LogP contribution in [0.4, 0.5) is 0 Å². The highest BCUT2D eigenvalue weighted by atomic mass is 32.2. The Hall–Kier alpha value is -1.30. The van der Waals surface area contributed by atoms with Gasteiger partial charge in [0.1, 0.15) is 5.76 Å². The van der Waals surface area contributed by atoms with E-state index in [0.29, 0.717) is 0 Å². The number of hydrogen-bond acceptors (Lipinski definition) is 5. The molecule has 3 rings (SSSR count). The van der Waals surface area contributed by atoms with E-state index in [4.69, 9.17) is 4.52 Å². The zero-order chi connectivity index (χ0) is 17.6. The van der Waals surface area contributed by atoms with Crippen molar-refractivity contribution in [2.75, 3.05) is 31.9 Å². The van der Waals surface area contributed by atoms with Gasteiger partial charge in [-0.15, -0.1) is 11.8 Å². The maximum absolute atomic E-state index is 5.31. The molecule has 1 aliphatic heterocycles. The van der Waals surface area contributed by atoms with Gasteiger partial charge in [0.25, 0.3) is 0 Å². The van der Waals surface area contributed by atoms with E-state index in [2.05, 4.69) is 46.1 Å². The fourth-order valence-corrected chi connectivity index (χ4v) is 4.07. The molecule has 5 heteroatoms. The van der Waals surface area contributed by atoms with Gasteiger partial charge in [0.2, 0.25) is 0 Å². The van der Waals surface area contributed by atoms with Crippen molar-refractivity contribution in [3.8, 4) is 0 Å². The first-order valence-electron chi connectivity index (χ1n) is 9.24. The van der Waals surface area contributed by atoms with Crippen LogP contribution in [0, 0.1) is 13.8 Å². The highest BCUT2D eigenvalue weighted by molar-refractivity contribution is 7.99. The van der Waals surface area contributed by atoms with Gasteiger partial charge >= 0.3 is 0 Å². The normalized spacial score (nSPS) is 16.9. The number of thioether (sulfide) groups is 1. The van der Waals surface area contributed by atoms with Crippen molar-refractivity contribution in [2.45, 2.75) is 45.2 Å². The van der Waals surface area contributed by atoms with Crippen molar-refractivity contribution in [2.24, 2.45) is 0 Å². The number of aromatic nitrogens is 1. The standard InChI is InChI=1S/C20H29N3OS/c1-4-25-19-8-6-18(7-9-19)14-22-10-5-11-23(13-12-22)15-20-16(2)21-24-17(20)3/h6-9H,4-5,10-15H2,1-3H3. The Bertz CT molecular complexity index is 649. The van der Waals surface area contributed by atoms with Crippen molar-refractivity contribution in [3.05, 3.63) is 46.8 Å². The molecule has 0 saturated carbocycles. The van der Waals surface area contributed by atoms with Gasteiger partial charge in [0.15, 0.2) is 0 Å².